The molecule has 0 aromatic carbocycles. The summed E-state index contributed by atoms with van der Waals surface area (Å²) in [5, 5.41) is 0. The zero-order chi connectivity index (χ0) is 11.9. The summed E-state index contributed by atoms with van der Waals surface area (Å²) < 4.78 is 6.05. The molecule has 0 heterocycles. The molecular formula is C12H24NO2+. The van der Waals surface area contributed by atoms with Gasteiger partial charge in [0.2, 0.25) is 0 Å². The Morgan fingerprint density at radius 2 is 1.93 bits per heavy atom. The lowest BCUT2D eigenvalue weighted by Gasteiger charge is -2.32. The molecule has 0 saturated carbocycles. The summed E-state index contributed by atoms with van der Waals surface area (Å²) in [5.74, 6) is -0.283. The Morgan fingerprint density at radius 3 is 2.33 bits per heavy atom. The van der Waals surface area contributed by atoms with Gasteiger partial charge in [0.05, 0.1) is 20.1 Å². The third kappa shape index (κ3) is 5.57. The van der Waals surface area contributed by atoms with Crippen LogP contribution in [0.25, 0.3) is 0 Å². The quantitative estimate of drug-likeness (QED) is 0.368. The van der Waals surface area contributed by atoms with Gasteiger partial charge in [-0.15, -0.1) is 0 Å². The van der Waals surface area contributed by atoms with Crippen LogP contribution in [0.4, 0.5) is 0 Å². The number of rotatable bonds is 7. The number of esters is 1. The minimum absolute atomic E-state index is 0.283. The van der Waals surface area contributed by atoms with Gasteiger partial charge in [0, 0.05) is 5.57 Å². The maximum Gasteiger partial charge on any atom is 0.333 e. The molecule has 3 heteroatoms. The highest BCUT2D eigenvalue weighted by molar-refractivity contribution is 5.86. The Balaban J connectivity index is 3.91. The van der Waals surface area contributed by atoms with Crippen molar-refractivity contribution < 1.29 is 14.0 Å². The van der Waals surface area contributed by atoms with Crippen LogP contribution < -0.4 is 0 Å². The first-order valence-corrected chi connectivity index (χ1v) is 5.61. The van der Waals surface area contributed by atoms with E-state index in [1.54, 1.807) is 6.92 Å². The predicted molar refractivity (Wildman–Crippen MR) is 62.5 cm³/mol. The zero-order valence-electron chi connectivity index (χ0n) is 10.5. The molecule has 0 rings (SSSR count). The largest absolute Gasteiger partial charge is 0.456 e. The zero-order valence-corrected chi connectivity index (χ0v) is 10.5. The Bertz CT molecular complexity index is 226. The molecule has 0 aliphatic rings. The maximum absolute atomic E-state index is 11.1. The molecule has 0 spiro atoms. The van der Waals surface area contributed by atoms with Gasteiger partial charge in [-0.2, -0.15) is 0 Å². The molecule has 0 bridgehead atoms. The molecule has 0 saturated heterocycles. The monoisotopic (exact) mass is 214 g/mol. The van der Waals surface area contributed by atoms with E-state index in [2.05, 4.69) is 27.5 Å². The van der Waals surface area contributed by atoms with Crippen molar-refractivity contribution in [1.29, 1.82) is 0 Å². The van der Waals surface area contributed by atoms with Crippen molar-refractivity contribution in [2.24, 2.45) is 0 Å². The lowest BCUT2D eigenvalue weighted by atomic mass is 10.3. The van der Waals surface area contributed by atoms with Crippen LogP contribution in [0.2, 0.25) is 0 Å². The molecule has 0 aromatic rings. The van der Waals surface area contributed by atoms with Gasteiger partial charge in [0.25, 0.3) is 0 Å². The second kappa shape index (κ2) is 6.62. The van der Waals surface area contributed by atoms with E-state index in [-0.39, 0.29) is 5.97 Å². The summed E-state index contributed by atoms with van der Waals surface area (Å²) >= 11 is 0. The van der Waals surface area contributed by atoms with E-state index < -0.39 is 0 Å². The van der Waals surface area contributed by atoms with Crippen molar-refractivity contribution in [3.63, 3.8) is 0 Å². The Kier molecular flexibility index (Phi) is 6.25. The molecule has 0 amide bonds. The third-order valence-electron chi connectivity index (χ3n) is 2.74. The average molecular weight is 214 g/mol. The van der Waals surface area contributed by atoms with E-state index in [0.29, 0.717) is 12.2 Å². The second-order valence-electron chi connectivity index (χ2n) is 4.30. The maximum atomic E-state index is 11.1. The number of quaternary nitrogens is 1. The smallest absolute Gasteiger partial charge is 0.333 e. The Morgan fingerprint density at radius 1 is 1.33 bits per heavy atom. The van der Waals surface area contributed by atoms with Crippen LogP contribution in [0.3, 0.4) is 0 Å². The molecule has 1 unspecified atom stereocenters. The lowest BCUT2D eigenvalue weighted by molar-refractivity contribution is -0.908. The summed E-state index contributed by atoms with van der Waals surface area (Å²) in [6, 6.07) is 0. The molecule has 3 nitrogen and oxygen atoms in total. The first-order chi connectivity index (χ1) is 6.95. The topological polar surface area (TPSA) is 26.3 Å². The van der Waals surface area contributed by atoms with E-state index in [1.165, 1.54) is 0 Å². The lowest BCUT2D eigenvalue weighted by Crippen LogP contribution is -2.46. The standard InChI is InChI=1S/C12H24NO2/c1-6-8-13(5,7-2)9-10-15-12(14)11(3)4/h3,6-10H2,1-2,4-5H3/q+1. The van der Waals surface area contributed by atoms with E-state index >= 15 is 0 Å². The van der Waals surface area contributed by atoms with E-state index in [9.17, 15) is 4.79 Å². The number of hydrogen-bond acceptors (Lipinski definition) is 2. The fourth-order valence-electron chi connectivity index (χ4n) is 1.45. The van der Waals surface area contributed by atoms with Crippen LogP contribution in [0.1, 0.15) is 27.2 Å². The first-order valence-electron chi connectivity index (χ1n) is 5.61. The number of likely N-dealkylation sites (N-methyl/N-ethyl adjacent to an activating group) is 1. The minimum atomic E-state index is -0.283. The van der Waals surface area contributed by atoms with Crippen molar-refractivity contribution in [2.75, 3.05) is 33.3 Å². The van der Waals surface area contributed by atoms with Crippen molar-refractivity contribution in [3.05, 3.63) is 12.2 Å². The van der Waals surface area contributed by atoms with Gasteiger partial charge in [-0.05, 0) is 20.3 Å². The van der Waals surface area contributed by atoms with Gasteiger partial charge in [-0.1, -0.05) is 13.5 Å². The van der Waals surface area contributed by atoms with Crippen LogP contribution in [-0.4, -0.2) is 43.7 Å². The number of nitrogens with zero attached hydrogens (tertiary/aromatic N) is 1. The number of carbonyl (C=O) groups is 1. The summed E-state index contributed by atoms with van der Waals surface area (Å²) in [7, 11) is 2.19. The van der Waals surface area contributed by atoms with Crippen molar-refractivity contribution in [2.45, 2.75) is 27.2 Å². The van der Waals surface area contributed by atoms with Gasteiger partial charge in [0.1, 0.15) is 13.2 Å². The average Bonchev–Trinajstić information content (AvgIpc) is 2.18. The molecule has 0 aromatic heterocycles. The van der Waals surface area contributed by atoms with Crippen molar-refractivity contribution in [3.8, 4) is 0 Å². The number of hydrogen-bond donors (Lipinski definition) is 0. The first kappa shape index (κ1) is 14.2. The SMILES string of the molecule is C=C(C)C(=O)OCC[N+](C)(CC)CCC. The molecule has 15 heavy (non-hydrogen) atoms. The Hall–Kier alpha value is -0.830. The predicted octanol–water partition coefficient (Wildman–Crippen LogP) is 1.98. The minimum Gasteiger partial charge on any atom is -0.456 e. The summed E-state index contributed by atoms with van der Waals surface area (Å²) in [6.45, 7) is 13.1. The molecule has 0 N–H and O–H groups in total. The van der Waals surface area contributed by atoms with Gasteiger partial charge in [-0.3, -0.25) is 0 Å². The fourth-order valence-corrected chi connectivity index (χ4v) is 1.45. The highest BCUT2D eigenvalue weighted by Gasteiger charge is 2.18. The van der Waals surface area contributed by atoms with Crippen molar-refractivity contribution in [1.82, 2.24) is 0 Å². The summed E-state index contributed by atoms with van der Waals surface area (Å²) in [4.78, 5) is 11.1. The van der Waals surface area contributed by atoms with E-state index in [4.69, 9.17) is 4.74 Å². The molecular weight excluding hydrogens is 190 g/mol. The fraction of sp³-hybridized carbons (Fsp3) is 0.750. The van der Waals surface area contributed by atoms with Gasteiger partial charge in [-0.25, -0.2) is 4.79 Å². The van der Waals surface area contributed by atoms with Crippen LogP contribution in [0.15, 0.2) is 12.2 Å². The Labute approximate surface area is 93.3 Å². The third-order valence-corrected chi connectivity index (χ3v) is 2.74. The molecule has 1 atom stereocenters. The van der Waals surface area contributed by atoms with Gasteiger partial charge in [0.15, 0.2) is 0 Å². The van der Waals surface area contributed by atoms with E-state index in [0.717, 1.165) is 30.5 Å². The van der Waals surface area contributed by atoms with Gasteiger partial charge < -0.3 is 9.22 Å². The molecule has 0 radical (unpaired) electrons. The highest BCUT2D eigenvalue weighted by atomic mass is 16.5. The second-order valence-corrected chi connectivity index (χ2v) is 4.30. The van der Waals surface area contributed by atoms with Crippen LogP contribution in [-0.2, 0) is 9.53 Å². The number of ether oxygens (including phenoxy) is 1. The molecule has 0 fully saturated rings. The molecule has 88 valence electrons. The normalized spacial score (nSPS) is 14.4. The van der Waals surface area contributed by atoms with E-state index in [1.807, 2.05) is 0 Å². The van der Waals surface area contributed by atoms with Gasteiger partial charge >= 0.3 is 5.97 Å². The van der Waals surface area contributed by atoms with Crippen LogP contribution in [0.5, 0.6) is 0 Å². The van der Waals surface area contributed by atoms with Crippen LogP contribution >= 0.6 is 0 Å². The van der Waals surface area contributed by atoms with Crippen LogP contribution in [0, 0.1) is 0 Å². The molecule has 0 aliphatic heterocycles. The highest BCUT2D eigenvalue weighted by Crippen LogP contribution is 2.03. The number of carbonyl (C=O) groups excluding carboxylic acids is 1. The summed E-state index contributed by atoms with van der Waals surface area (Å²) in [6.07, 6.45) is 1.15. The summed E-state index contributed by atoms with van der Waals surface area (Å²) in [5.41, 5.74) is 0.469. The van der Waals surface area contributed by atoms with Crippen molar-refractivity contribution >= 4 is 5.97 Å². The molecule has 0 aliphatic carbocycles.